The minimum Gasteiger partial charge on any atom is -0.462 e. The number of nitrogens with zero attached hydrogens (tertiary/aromatic N) is 3. The predicted molar refractivity (Wildman–Crippen MR) is 115 cm³/mol. The standard InChI is InChI=1S/C19H32N4O2.HI/c1-20-19(23-14-10-16(15-23)22-12-4-5-13-22)21-11-6-9-18(24)25-17-7-2-3-8-17;/h4-5,16-17H,2-3,6-15H2,1H3,(H,20,21);1H. The van der Waals surface area contributed by atoms with Gasteiger partial charge in [-0.3, -0.25) is 14.7 Å². The van der Waals surface area contributed by atoms with Crippen LogP contribution in [0.5, 0.6) is 0 Å². The van der Waals surface area contributed by atoms with Gasteiger partial charge in [-0.05, 0) is 38.5 Å². The molecule has 0 spiro atoms. The molecule has 1 saturated heterocycles. The normalized spacial score (nSPS) is 24.1. The van der Waals surface area contributed by atoms with E-state index in [9.17, 15) is 4.79 Å². The Hall–Kier alpha value is -0.830. The van der Waals surface area contributed by atoms with E-state index in [1.54, 1.807) is 0 Å². The summed E-state index contributed by atoms with van der Waals surface area (Å²) in [5, 5.41) is 3.41. The van der Waals surface area contributed by atoms with Crippen molar-refractivity contribution in [3.8, 4) is 0 Å². The molecule has 148 valence electrons. The van der Waals surface area contributed by atoms with Crippen molar-refractivity contribution in [2.75, 3.05) is 39.8 Å². The lowest BCUT2D eigenvalue weighted by Crippen LogP contribution is -2.43. The Labute approximate surface area is 174 Å². The molecule has 2 heterocycles. The van der Waals surface area contributed by atoms with Crippen molar-refractivity contribution in [2.45, 2.75) is 57.1 Å². The second kappa shape index (κ2) is 11.1. The summed E-state index contributed by atoms with van der Waals surface area (Å²) in [4.78, 5) is 21.1. The van der Waals surface area contributed by atoms with Gasteiger partial charge in [0.25, 0.3) is 0 Å². The summed E-state index contributed by atoms with van der Waals surface area (Å²) in [6, 6.07) is 0.620. The van der Waals surface area contributed by atoms with Crippen LogP contribution < -0.4 is 5.32 Å². The van der Waals surface area contributed by atoms with E-state index in [0.29, 0.717) is 12.5 Å². The predicted octanol–water partition coefficient (Wildman–Crippen LogP) is 2.39. The minimum absolute atomic E-state index is 0. The van der Waals surface area contributed by atoms with Gasteiger partial charge in [0.15, 0.2) is 5.96 Å². The van der Waals surface area contributed by atoms with Crippen molar-refractivity contribution in [1.82, 2.24) is 15.1 Å². The Bertz CT molecular complexity index is 498. The molecule has 0 aromatic carbocycles. The van der Waals surface area contributed by atoms with Gasteiger partial charge in [0, 0.05) is 52.2 Å². The van der Waals surface area contributed by atoms with Gasteiger partial charge in [-0.25, -0.2) is 0 Å². The van der Waals surface area contributed by atoms with Crippen molar-refractivity contribution in [3.63, 3.8) is 0 Å². The number of halogens is 1. The summed E-state index contributed by atoms with van der Waals surface area (Å²) in [6.45, 7) is 5.00. The van der Waals surface area contributed by atoms with Crippen LogP contribution >= 0.6 is 24.0 Å². The molecule has 1 N–H and O–H groups in total. The smallest absolute Gasteiger partial charge is 0.306 e. The van der Waals surface area contributed by atoms with E-state index in [0.717, 1.165) is 57.9 Å². The van der Waals surface area contributed by atoms with Crippen molar-refractivity contribution in [1.29, 1.82) is 0 Å². The number of carbonyl (C=O) groups is 1. The molecular weight excluding hydrogens is 443 g/mol. The average Bonchev–Trinajstić information content (AvgIpc) is 3.36. The highest BCUT2D eigenvalue weighted by Gasteiger charge is 2.29. The van der Waals surface area contributed by atoms with Crippen LogP contribution in [-0.2, 0) is 9.53 Å². The Balaban J connectivity index is 0.00000243. The topological polar surface area (TPSA) is 57.2 Å². The molecule has 1 saturated carbocycles. The third kappa shape index (κ3) is 6.11. The first kappa shape index (κ1) is 21.5. The molecule has 3 aliphatic rings. The van der Waals surface area contributed by atoms with E-state index < -0.39 is 0 Å². The quantitative estimate of drug-likeness (QED) is 0.159. The number of rotatable bonds is 6. The number of likely N-dealkylation sites (tertiary alicyclic amines) is 1. The zero-order chi connectivity index (χ0) is 17.5. The van der Waals surface area contributed by atoms with Gasteiger partial charge in [0.05, 0.1) is 0 Å². The van der Waals surface area contributed by atoms with E-state index in [1.807, 2.05) is 7.05 Å². The van der Waals surface area contributed by atoms with Crippen LogP contribution in [0.25, 0.3) is 0 Å². The molecule has 1 aliphatic carbocycles. The van der Waals surface area contributed by atoms with Crippen LogP contribution in [-0.4, -0.2) is 73.6 Å². The summed E-state index contributed by atoms with van der Waals surface area (Å²) >= 11 is 0. The molecule has 0 aromatic rings. The van der Waals surface area contributed by atoms with Crippen LogP contribution in [0.3, 0.4) is 0 Å². The number of carbonyl (C=O) groups excluding carboxylic acids is 1. The molecule has 6 nitrogen and oxygen atoms in total. The highest BCUT2D eigenvalue weighted by molar-refractivity contribution is 14.0. The summed E-state index contributed by atoms with van der Waals surface area (Å²) < 4.78 is 5.50. The fourth-order valence-electron chi connectivity index (χ4n) is 4.04. The molecule has 0 radical (unpaired) electrons. The van der Waals surface area contributed by atoms with Crippen LogP contribution in [0.4, 0.5) is 0 Å². The maximum absolute atomic E-state index is 11.9. The van der Waals surface area contributed by atoms with Gasteiger partial charge in [-0.2, -0.15) is 0 Å². The van der Waals surface area contributed by atoms with Crippen LogP contribution in [0.1, 0.15) is 44.9 Å². The number of hydrogen-bond donors (Lipinski definition) is 1. The van der Waals surface area contributed by atoms with E-state index in [1.165, 1.54) is 19.3 Å². The van der Waals surface area contributed by atoms with E-state index >= 15 is 0 Å². The lowest BCUT2D eigenvalue weighted by atomic mass is 10.2. The van der Waals surface area contributed by atoms with Crippen molar-refractivity contribution >= 4 is 35.9 Å². The molecule has 1 atom stereocenters. The molecule has 3 rings (SSSR count). The van der Waals surface area contributed by atoms with Gasteiger partial charge >= 0.3 is 5.97 Å². The molecule has 1 unspecified atom stereocenters. The number of esters is 1. The van der Waals surface area contributed by atoms with Crippen molar-refractivity contribution < 1.29 is 9.53 Å². The Morgan fingerprint density at radius 3 is 2.65 bits per heavy atom. The first-order valence-corrected chi connectivity index (χ1v) is 9.80. The summed E-state index contributed by atoms with van der Waals surface area (Å²) in [5.41, 5.74) is 0. The molecule has 0 aromatic heterocycles. The Morgan fingerprint density at radius 2 is 1.96 bits per heavy atom. The zero-order valence-corrected chi connectivity index (χ0v) is 18.2. The molecular formula is C19H33IN4O2. The van der Waals surface area contributed by atoms with Gasteiger partial charge in [-0.15, -0.1) is 24.0 Å². The highest BCUT2D eigenvalue weighted by Crippen LogP contribution is 2.21. The Kier molecular flexibility index (Phi) is 9.18. The van der Waals surface area contributed by atoms with Crippen LogP contribution in [0.2, 0.25) is 0 Å². The number of ether oxygens (including phenoxy) is 1. The molecule has 26 heavy (non-hydrogen) atoms. The van der Waals surface area contributed by atoms with Gasteiger partial charge in [-0.1, -0.05) is 12.2 Å². The maximum atomic E-state index is 11.9. The lowest BCUT2D eigenvalue weighted by Gasteiger charge is -2.25. The maximum Gasteiger partial charge on any atom is 0.306 e. The van der Waals surface area contributed by atoms with Crippen LogP contribution in [0.15, 0.2) is 17.1 Å². The Morgan fingerprint density at radius 1 is 1.23 bits per heavy atom. The summed E-state index contributed by atoms with van der Waals surface area (Å²) in [6.07, 6.45) is 11.6. The highest BCUT2D eigenvalue weighted by atomic mass is 127. The third-order valence-electron chi connectivity index (χ3n) is 5.48. The zero-order valence-electron chi connectivity index (χ0n) is 15.9. The van der Waals surface area contributed by atoms with Crippen LogP contribution in [0, 0.1) is 0 Å². The number of nitrogens with one attached hydrogen (secondary N) is 1. The average molecular weight is 476 g/mol. The van der Waals surface area contributed by atoms with Crippen molar-refractivity contribution in [2.24, 2.45) is 4.99 Å². The SMILES string of the molecule is CN=C(NCCCC(=O)OC1CCCC1)N1CCC(N2CC=CC2)C1.I. The molecule has 2 fully saturated rings. The molecule has 0 bridgehead atoms. The largest absolute Gasteiger partial charge is 0.462 e. The van der Waals surface area contributed by atoms with Gasteiger partial charge in [0.1, 0.15) is 6.10 Å². The number of hydrogen-bond acceptors (Lipinski definition) is 4. The third-order valence-corrected chi connectivity index (χ3v) is 5.48. The summed E-state index contributed by atoms with van der Waals surface area (Å²) in [5.74, 6) is 0.908. The lowest BCUT2D eigenvalue weighted by molar-refractivity contribution is -0.148. The first-order valence-electron chi connectivity index (χ1n) is 9.80. The first-order chi connectivity index (χ1) is 12.3. The number of guanidine groups is 1. The van der Waals surface area contributed by atoms with E-state index in [2.05, 4.69) is 32.3 Å². The fourth-order valence-corrected chi connectivity index (χ4v) is 4.04. The van der Waals surface area contributed by atoms with Gasteiger partial charge in [0.2, 0.25) is 0 Å². The minimum atomic E-state index is -0.0496. The molecule has 2 aliphatic heterocycles. The fraction of sp³-hybridized carbons (Fsp3) is 0.789. The second-order valence-corrected chi connectivity index (χ2v) is 7.29. The van der Waals surface area contributed by atoms with Gasteiger partial charge < -0.3 is 15.0 Å². The van der Waals surface area contributed by atoms with E-state index in [4.69, 9.17) is 4.74 Å². The molecule has 0 amide bonds. The second-order valence-electron chi connectivity index (χ2n) is 7.29. The summed E-state index contributed by atoms with van der Waals surface area (Å²) in [7, 11) is 1.83. The monoisotopic (exact) mass is 476 g/mol. The van der Waals surface area contributed by atoms with E-state index in [-0.39, 0.29) is 36.0 Å². The van der Waals surface area contributed by atoms with Crippen molar-refractivity contribution in [3.05, 3.63) is 12.2 Å². The molecule has 7 heteroatoms. The number of aliphatic imine (C=N–C) groups is 1.